The number of rotatable bonds is 5. The van der Waals surface area contributed by atoms with Crippen LogP contribution in [0, 0.1) is 18.3 Å². The summed E-state index contributed by atoms with van der Waals surface area (Å²) >= 11 is 0. The van der Waals surface area contributed by atoms with Crippen LogP contribution in [0.25, 0.3) is 0 Å². The van der Waals surface area contributed by atoms with Gasteiger partial charge in [-0.3, -0.25) is 4.79 Å². The first kappa shape index (κ1) is 16.3. The number of ether oxygens (including phenoxy) is 1. The molecule has 21 heavy (non-hydrogen) atoms. The topological polar surface area (TPSA) is 111 Å². The third-order valence-corrected chi connectivity index (χ3v) is 2.88. The highest BCUT2D eigenvalue weighted by molar-refractivity contribution is 5.94. The van der Waals surface area contributed by atoms with Gasteiger partial charge in [-0.25, -0.2) is 4.79 Å². The van der Waals surface area contributed by atoms with Crippen LogP contribution in [0.2, 0.25) is 0 Å². The molecule has 0 aliphatic carbocycles. The van der Waals surface area contributed by atoms with Crippen molar-refractivity contribution in [3.05, 3.63) is 23.3 Å². The number of phenols is 2. The lowest BCUT2D eigenvalue weighted by Gasteiger charge is -2.15. The Labute approximate surface area is 122 Å². The van der Waals surface area contributed by atoms with Crippen LogP contribution >= 0.6 is 0 Å². The summed E-state index contributed by atoms with van der Waals surface area (Å²) in [5.74, 6) is -2.36. The molecule has 0 aromatic heterocycles. The van der Waals surface area contributed by atoms with Crippen LogP contribution in [0.1, 0.15) is 22.3 Å². The largest absolute Gasteiger partial charge is 0.504 e. The Balaban J connectivity index is 2.65. The van der Waals surface area contributed by atoms with Gasteiger partial charge in [-0.1, -0.05) is 6.07 Å². The summed E-state index contributed by atoms with van der Waals surface area (Å²) in [6.45, 7) is 1.30. The van der Waals surface area contributed by atoms with E-state index in [0.29, 0.717) is 5.56 Å². The molecule has 0 aliphatic rings. The van der Waals surface area contributed by atoms with Crippen molar-refractivity contribution in [2.24, 2.45) is 0 Å². The third kappa shape index (κ3) is 4.11. The molecular formula is C14H16N2O5. The molecule has 0 fully saturated rings. The summed E-state index contributed by atoms with van der Waals surface area (Å²) in [6, 6.07) is 4.65. The Morgan fingerprint density at radius 2 is 2.00 bits per heavy atom. The standard InChI is InChI=1S/C14H16N2O5/c1-9-4-5-10(13(19)12(9)18)14(20)21-8-11(17)16(2)7-3-6-15/h4-5,18-19H,3,7-8H2,1-2H3. The van der Waals surface area contributed by atoms with Gasteiger partial charge in [0.1, 0.15) is 5.56 Å². The maximum atomic E-state index is 11.8. The van der Waals surface area contributed by atoms with Crippen LogP contribution in [0.4, 0.5) is 0 Å². The molecule has 7 nitrogen and oxygen atoms in total. The second-order valence-corrected chi connectivity index (χ2v) is 4.43. The van der Waals surface area contributed by atoms with Gasteiger partial charge in [-0.05, 0) is 18.6 Å². The van der Waals surface area contributed by atoms with Gasteiger partial charge in [-0.15, -0.1) is 0 Å². The number of phenolic OH excluding ortho intramolecular Hbond substituents is 2. The van der Waals surface area contributed by atoms with E-state index in [1.165, 1.54) is 24.1 Å². The van der Waals surface area contributed by atoms with E-state index in [4.69, 9.17) is 10.00 Å². The van der Waals surface area contributed by atoms with Gasteiger partial charge >= 0.3 is 5.97 Å². The van der Waals surface area contributed by atoms with E-state index in [1.54, 1.807) is 6.92 Å². The second-order valence-electron chi connectivity index (χ2n) is 4.43. The maximum absolute atomic E-state index is 11.8. The van der Waals surface area contributed by atoms with E-state index >= 15 is 0 Å². The molecule has 0 aliphatic heterocycles. The van der Waals surface area contributed by atoms with Gasteiger partial charge in [0, 0.05) is 13.6 Å². The summed E-state index contributed by atoms with van der Waals surface area (Å²) in [6.07, 6.45) is 0.183. The normalized spacial score (nSPS) is 9.76. The Hall–Kier alpha value is -2.75. The second kappa shape index (κ2) is 7.14. The number of hydrogen-bond donors (Lipinski definition) is 2. The van der Waals surface area contributed by atoms with Crippen LogP contribution in [-0.4, -0.2) is 47.2 Å². The van der Waals surface area contributed by atoms with Gasteiger partial charge in [0.05, 0.1) is 12.5 Å². The van der Waals surface area contributed by atoms with Crippen LogP contribution in [0.15, 0.2) is 12.1 Å². The first-order valence-corrected chi connectivity index (χ1v) is 6.18. The molecule has 7 heteroatoms. The average Bonchev–Trinajstić information content (AvgIpc) is 2.47. The van der Waals surface area contributed by atoms with Crippen molar-refractivity contribution in [2.45, 2.75) is 13.3 Å². The smallest absolute Gasteiger partial charge is 0.342 e. The number of hydrogen-bond acceptors (Lipinski definition) is 6. The summed E-state index contributed by atoms with van der Waals surface area (Å²) in [4.78, 5) is 24.6. The molecular weight excluding hydrogens is 276 g/mol. The number of aryl methyl sites for hydroxylation is 1. The molecule has 112 valence electrons. The van der Waals surface area contributed by atoms with Crippen LogP contribution in [0.5, 0.6) is 11.5 Å². The fourth-order valence-electron chi connectivity index (χ4n) is 1.50. The fraction of sp³-hybridized carbons (Fsp3) is 0.357. The highest BCUT2D eigenvalue weighted by atomic mass is 16.5. The van der Waals surface area contributed by atoms with E-state index in [1.807, 2.05) is 6.07 Å². The van der Waals surface area contributed by atoms with Crippen molar-refractivity contribution in [3.63, 3.8) is 0 Å². The molecule has 0 heterocycles. The molecule has 0 saturated carbocycles. The minimum absolute atomic E-state index is 0.183. The SMILES string of the molecule is Cc1ccc(C(=O)OCC(=O)N(C)CCC#N)c(O)c1O. The highest BCUT2D eigenvalue weighted by Gasteiger charge is 2.19. The van der Waals surface area contributed by atoms with E-state index < -0.39 is 30.0 Å². The molecule has 0 bridgehead atoms. The molecule has 0 atom stereocenters. The van der Waals surface area contributed by atoms with Gasteiger partial charge in [0.25, 0.3) is 5.91 Å². The lowest BCUT2D eigenvalue weighted by molar-refractivity contribution is -0.133. The molecule has 1 aromatic carbocycles. The number of nitrogens with zero attached hydrogens (tertiary/aromatic N) is 2. The first-order chi connectivity index (χ1) is 9.88. The van der Waals surface area contributed by atoms with Crippen molar-refractivity contribution in [2.75, 3.05) is 20.2 Å². The molecule has 1 amide bonds. The van der Waals surface area contributed by atoms with Gasteiger partial charge in [0.15, 0.2) is 18.1 Å². The van der Waals surface area contributed by atoms with Gasteiger partial charge in [0.2, 0.25) is 0 Å². The first-order valence-electron chi connectivity index (χ1n) is 6.18. The van der Waals surface area contributed by atoms with Crippen molar-refractivity contribution < 1.29 is 24.5 Å². The monoisotopic (exact) mass is 292 g/mol. The number of likely N-dealkylation sites (N-methyl/N-ethyl adjacent to an activating group) is 1. The lowest BCUT2D eigenvalue weighted by atomic mass is 10.1. The number of aromatic hydroxyl groups is 2. The molecule has 0 saturated heterocycles. The van der Waals surface area contributed by atoms with Crippen LogP contribution < -0.4 is 0 Å². The van der Waals surface area contributed by atoms with Gasteiger partial charge < -0.3 is 19.8 Å². The van der Waals surface area contributed by atoms with Crippen molar-refractivity contribution in [3.8, 4) is 17.6 Å². The number of carbonyl (C=O) groups is 2. The Morgan fingerprint density at radius 1 is 1.33 bits per heavy atom. The molecule has 0 radical (unpaired) electrons. The Morgan fingerprint density at radius 3 is 2.62 bits per heavy atom. The highest BCUT2D eigenvalue weighted by Crippen LogP contribution is 2.32. The van der Waals surface area contributed by atoms with Crippen molar-refractivity contribution >= 4 is 11.9 Å². The number of amides is 1. The van der Waals surface area contributed by atoms with E-state index in [-0.39, 0.29) is 18.5 Å². The Kier molecular flexibility index (Phi) is 5.55. The molecule has 0 spiro atoms. The van der Waals surface area contributed by atoms with Crippen molar-refractivity contribution in [1.82, 2.24) is 4.90 Å². The van der Waals surface area contributed by atoms with Crippen molar-refractivity contribution in [1.29, 1.82) is 5.26 Å². The minimum atomic E-state index is -0.912. The van der Waals surface area contributed by atoms with Gasteiger partial charge in [-0.2, -0.15) is 5.26 Å². The molecule has 1 aromatic rings. The summed E-state index contributed by atoms with van der Waals surface area (Å²) in [5.41, 5.74) is 0.196. The maximum Gasteiger partial charge on any atom is 0.342 e. The van der Waals surface area contributed by atoms with Crippen LogP contribution in [0.3, 0.4) is 0 Å². The third-order valence-electron chi connectivity index (χ3n) is 2.88. The fourth-order valence-corrected chi connectivity index (χ4v) is 1.50. The average molecular weight is 292 g/mol. The zero-order chi connectivity index (χ0) is 16.0. The number of esters is 1. The molecule has 1 rings (SSSR count). The molecule has 0 unspecified atom stereocenters. The zero-order valence-electron chi connectivity index (χ0n) is 11.8. The summed E-state index contributed by atoms with van der Waals surface area (Å²) in [7, 11) is 1.49. The summed E-state index contributed by atoms with van der Waals surface area (Å²) < 4.78 is 4.78. The minimum Gasteiger partial charge on any atom is -0.504 e. The number of carbonyl (C=O) groups excluding carboxylic acids is 2. The summed E-state index contributed by atoms with van der Waals surface area (Å²) in [5, 5.41) is 27.6. The zero-order valence-corrected chi connectivity index (χ0v) is 11.8. The molecule has 2 N–H and O–H groups in total. The number of nitriles is 1. The van der Waals surface area contributed by atoms with E-state index in [0.717, 1.165) is 0 Å². The lowest BCUT2D eigenvalue weighted by Crippen LogP contribution is -2.31. The quantitative estimate of drug-likeness (QED) is 0.617. The number of benzene rings is 1. The predicted molar refractivity (Wildman–Crippen MR) is 72.7 cm³/mol. The van der Waals surface area contributed by atoms with E-state index in [9.17, 15) is 19.8 Å². The Bertz CT molecular complexity index is 592. The van der Waals surface area contributed by atoms with Crippen LogP contribution in [-0.2, 0) is 9.53 Å². The van der Waals surface area contributed by atoms with E-state index in [2.05, 4.69) is 0 Å². The predicted octanol–water partition coefficient (Wildman–Crippen LogP) is 0.935.